The highest BCUT2D eigenvalue weighted by molar-refractivity contribution is 5.79. The quantitative estimate of drug-likeness (QED) is 0.801. The topological polar surface area (TPSA) is 64.3 Å². The van der Waals surface area contributed by atoms with Gasteiger partial charge in [0, 0.05) is 18.6 Å². The molecule has 4 heteroatoms. The van der Waals surface area contributed by atoms with E-state index in [1.807, 2.05) is 6.92 Å². The standard InChI is InChI=1S/C14H26N2O2/c1-10(11-4-3-5-12(15)8-11)13(17)16-14(2)6-7-18-9-14/h10-12H,3-9,15H2,1-2H3,(H,16,17). The van der Waals surface area contributed by atoms with Crippen LogP contribution >= 0.6 is 0 Å². The van der Waals surface area contributed by atoms with Gasteiger partial charge in [0.25, 0.3) is 0 Å². The molecule has 0 aromatic heterocycles. The molecule has 0 aromatic carbocycles. The number of nitrogens with one attached hydrogen (secondary N) is 1. The average molecular weight is 254 g/mol. The van der Waals surface area contributed by atoms with Crippen molar-refractivity contribution in [1.82, 2.24) is 5.32 Å². The molecular weight excluding hydrogens is 228 g/mol. The summed E-state index contributed by atoms with van der Waals surface area (Å²) in [4.78, 5) is 12.3. The maximum Gasteiger partial charge on any atom is 0.223 e. The minimum atomic E-state index is -0.165. The van der Waals surface area contributed by atoms with Crippen LogP contribution in [-0.2, 0) is 9.53 Å². The fraction of sp³-hybridized carbons (Fsp3) is 0.929. The van der Waals surface area contributed by atoms with E-state index in [2.05, 4.69) is 12.2 Å². The lowest BCUT2D eigenvalue weighted by molar-refractivity contribution is -0.128. The Morgan fingerprint density at radius 1 is 1.50 bits per heavy atom. The third-order valence-electron chi connectivity index (χ3n) is 4.52. The number of rotatable bonds is 3. The number of carbonyl (C=O) groups is 1. The first-order chi connectivity index (χ1) is 8.50. The summed E-state index contributed by atoms with van der Waals surface area (Å²) in [6.07, 6.45) is 5.30. The highest BCUT2D eigenvalue weighted by atomic mass is 16.5. The Balaban J connectivity index is 1.87. The summed E-state index contributed by atoms with van der Waals surface area (Å²) >= 11 is 0. The Hall–Kier alpha value is -0.610. The molecule has 1 amide bonds. The van der Waals surface area contributed by atoms with Crippen molar-refractivity contribution in [2.45, 2.75) is 57.5 Å². The molecule has 104 valence electrons. The second kappa shape index (κ2) is 5.57. The van der Waals surface area contributed by atoms with Crippen molar-refractivity contribution in [1.29, 1.82) is 0 Å². The molecule has 1 aliphatic carbocycles. The second-order valence-corrected chi connectivity index (χ2v) is 6.33. The van der Waals surface area contributed by atoms with E-state index in [0.29, 0.717) is 12.5 Å². The van der Waals surface area contributed by atoms with Crippen LogP contribution in [0.4, 0.5) is 0 Å². The van der Waals surface area contributed by atoms with E-state index >= 15 is 0 Å². The number of carbonyl (C=O) groups excluding carboxylic acids is 1. The Morgan fingerprint density at radius 2 is 2.28 bits per heavy atom. The van der Waals surface area contributed by atoms with Gasteiger partial charge in [-0.1, -0.05) is 13.3 Å². The zero-order chi connectivity index (χ0) is 13.2. The predicted octanol–water partition coefficient (Wildman–Crippen LogP) is 1.44. The van der Waals surface area contributed by atoms with Gasteiger partial charge in [-0.15, -0.1) is 0 Å². The summed E-state index contributed by atoms with van der Waals surface area (Å²) < 4.78 is 5.37. The number of amides is 1. The van der Waals surface area contributed by atoms with Crippen LogP contribution in [0.25, 0.3) is 0 Å². The third kappa shape index (κ3) is 3.23. The van der Waals surface area contributed by atoms with Crippen molar-refractivity contribution < 1.29 is 9.53 Å². The summed E-state index contributed by atoms with van der Waals surface area (Å²) in [5, 5.41) is 3.16. The smallest absolute Gasteiger partial charge is 0.223 e. The maximum absolute atomic E-state index is 12.3. The molecule has 0 bridgehead atoms. The van der Waals surface area contributed by atoms with Crippen LogP contribution in [0.15, 0.2) is 0 Å². The first-order valence-electron chi connectivity index (χ1n) is 7.15. The second-order valence-electron chi connectivity index (χ2n) is 6.33. The Kier molecular flexibility index (Phi) is 4.28. The lowest BCUT2D eigenvalue weighted by Crippen LogP contribution is -2.50. The van der Waals surface area contributed by atoms with Gasteiger partial charge in [0.1, 0.15) is 0 Å². The molecule has 0 aromatic rings. The van der Waals surface area contributed by atoms with Gasteiger partial charge < -0.3 is 15.8 Å². The van der Waals surface area contributed by atoms with Crippen LogP contribution in [0, 0.1) is 11.8 Å². The Morgan fingerprint density at radius 3 is 2.89 bits per heavy atom. The van der Waals surface area contributed by atoms with Crippen LogP contribution in [0.2, 0.25) is 0 Å². The van der Waals surface area contributed by atoms with Crippen molar-refractivity contribution in [3.05, 3.63) is 0 Å². The molecule has 4 nitrogen and oxygen atoms in total. The molecule has 1 aliphatic heterocycles. The van der Waals surface area contributed by atoms with E-state index < -0.39 is 0 Å². The monoisotopic (exact) mass is 254 g/mol. The number of hydrogen-bond donors (Lipinski definition) is 2. The molecule has 4 unspecified atom stereocenters. The van der Waals surface area contributed by atoms with Gasteiger partial charge >= 0.3 is 0 Å². The van der Waals surface area contributed by atoms with Crippen LogP contribution in [-0.4, -0.2) is 30.7 Å². The Labute approximate surface area is 110 Å². The number of ether oxygens (including phenoxy) is 1. The molecule has 0 radical (unpaired) electrons. The SMILES string of the molecule is CC(C(=O)NC1(C)CCOC1)C1CCCC(N)C1. The van der Waals surface area contributed by atoms with Crippen LogP contribution < -0.4 is 11.1 Å². The zero-order valence-corrected chi connectivity index (χ0v) is 11.6. The van der Waals surface area contributed by atoms with Gasteiger partial charge in [-0.05, 0) is 38.5 Å². The Bertz CT molecular complexity index is 300. The molecule has 4 atom stereocenters. The van der Waals surface area contributed by atoms with E-state index in [9.17, 15) is 4.79 Å². The third-order valence-corrected chi connectivity index (χ3v) is 4.52. The van der Waals surface area contributed by atoms with Crippen molar-refractivity contribution in [3.63, 3.8) is 0 Å². The van der Waals surface area contributed by atoms with Crippen molar-refractivity contribution in [2.24, 2.45) is 17.6 Å². The van der Waals surface area contributed by atoms with Gasteiger partial charge in [0.2, 0.25) is 5.91 Å². The van der Waals surface area contributed by atoms with Crippen LogP contribution in [0.3, 0.4) is 0 Å². The van der Waals surface area contributed by atoms with E-state index in [1.165, 1.54) is 0 Å². The molecule has 2 aliphatic rings. The zero-order valence-electron chi connectivity index (χ0n) is 11.6. The fourth-order valence-corrected chi connectivity index (χ4v) is 3.11. The lowest BCUT2D eigenvalue weighted by atomic mass is 9.78. The molecule has 3 N–H and O–H groups in total. The highest BCUT2D eigenvalue weighted by Crippen LogP contribution is 2.30. The fourth-order valence-electron chi connectivity index (χ4n) is 3.11. The average Bonchev–Trinajstić information content (AvgIpc) is 2.74. The largest absolute Gasteiger partial charge is 0.379 e. The number of nitrogens with two attached hydrogens (primary N) is 1. The summed E-state index contributed by atoms with van der Waals surface area (Å²) in [6.45, 7) is 5.49. The predicted molar refractivity (Wildman–Crippen MR) is 71.1 cm³/mol. The van der Waals surface area contributed by atoms with E-state index in [4.69, 9.17) is 10.5 Å². The summed E-state index contributed by atoms with van der Waals surface area (Å²) in [5.74, 6) is 0.676. The van der Waals surface area contributed by atoms with E-state index in [-0.39, 0.29) is 23.4 Å². The van der Waals surface area contributed by atoms with Crippen LogP contribution in [0.5, 0.6) is 0 Å². The maximum atomic E-state index is 12.3. The molecule has 2 fully saturated rings. The van der Waals surface area contributed by atoms with E-state index in [1.54, 1.807) is 0 Å². The normalized spacial score (nSPS) is 38.4. The first kappa shape index (κ1) is 13.8. The van der Waals surface area contributed by atoms with Gasteiger partial charge in [0.15, 0.2) is 0 Å². The molecule has 1 heterocycles. The molecule has 0 spiro atoms. The molecule has 1 saturated heterocycles. The van der Waals surface area contributed by atoms with Gasteiger partial charge in [-0.2, -0.15) is 0 Å². The van der Waals surface area contributed by atoms with Crippen molar-refractivity contribution in [2.75, 3.05) is 13.2 Å². The first-order valence-corrected chi connectivity index (χ1v) is 7.15. The molecule has 18 heavy (non-hydrogen) atoms. The molecule has 1 saturated carbocycles. The van der Waals surface area contributed by atoms with Crippen molar-refractivity contribution in [3.8, 4) is 0 Å². The molecular formula is C14H26N2O2. The highest BCUT2D eigenvalue weighted by Gasteiger charge is 2.35. The summed E-state index contributed by atoms with van der Waals surface area (Å²) in [6, 6.07) is 0.282. The minimum absolute atomic E-state index is 0.0637. The number of hydrogen-bond acceptors (Lipinski definition) is 3. The van der Waals surface area contributed by atoms with Crippen LogP contribution in [0.1, 0.15) is 46.0 Å². The van der Waals surface area contributed by atoms with E-state index in [0.717, 1.165) is 38.7 Å². The lowest BCUT2D eigenvalue weighted by Gasteiger charge is -2.33. The summed E-state index contributed by atoms with van der Waals surface area (Å²) in [7, 11) is 0. The van der Waals surface area contributed by atoms with Gasteiger partial charge in [0.05, 0.1) is 12.1 Å². The van der Waals surface area contributed by atoms with Crippen molar-refractivity contribution >= 4 is 5.91 Å². The van der Waals surface area contributed by atoms with Gasteiger partial charge in [-0.25, -0.2) is 0 Å². The van der Waals surface area contributed by atoms with Gasteiger partial charge in [-0.3, -0.25) is 4.79 Å². The summed E-state index contributed by atoms with van der Waals surface area (Å²) in [5.41, 5.74) is 5.84. The minimum Gasteiger partial charge on any atom is -0.379 e. The molecule has 2 rings (SSSR count).